The van der Waals surface area contributed by atoms with Gasteiger partial charge in [-0.25, -0.2) is 0 Å². The van der Waals surface area contributed by atoms with Gasteiger partial charge in [0.1, 0.15) is 18.9 Å². The van der Waals surface area contributed by atoms with Crippen LogP contribution in [0.4, 0.5) is 0 Å². The molecular weight excluding hydrogens is 262 g/mol. The number of rotatable bonds is 7. The van der Waals surface area contributed by atoms with Gasteiger partial charge in [-0.15, -0.1) is 4.37 Å². The Morgan fingerprint density at radius 1 is 1.42 bits per heavy atom. The Bertz CT molecular complexity index is 392. The number of aliphatic hydroxyl groups excluding tert-OH is 1. The molecule has 0 aliphatic heterocycles. The van der Waals surface area contributed by atoms with E-state index in [-0.39, 0.29) is 6.61 Å². The molecule has 6 heteroatoms. The van der Waals surface area contributed by atoms with E-state index >= 15 is 0 Å². The van der Waals surface area contributed by atoms with Crippen LogP contribution in [-0.2, 0) is 0 Å². The Morgan fingerprint density at radius 2 is 2.11 bits per heavy atom. The monoisotopic (exact) mass is 285 g/mol. The van der Waals surface area contributed by atoms with E-state index in [9.17, 15) is 5.11 Å². The van der Waals surface area contributed by atoms with Gasteiger partial charge >= 0.3 is 0 Å². The molecule has 1 aromatic rings. The van der Waals surface area contributed by atoms with E-state index in [0.717, 1.165) is 18.3 Å². The lowest BCUT2D eigenvalue weighted by Crippen LogP contribution is -2.33. The van der Waals surface area contributed by atoms with Gasteiger partial charge in [0.05, 0.1) is 11.7 Å². The van der Waals surface area contributed by atoms with E-state index in [1.807, 2.05) is 0 Å². The highest BCUT2D eigenvalue weighted by Gasteiger charge is 2.63. The topological polar surface area (TPSA) is 67.3 Å². The van der Waals surface area contributed by atoms with Crippen molar-refractivity contribution in [2.75, 3.05) is 19.7 Å². The number of aromatic nitrogens is 2. The van der Waals surface area contributed by atoms with Crippen LogP contribution in [0.3, 0.4) is 0 Å². The van der Waals surface area contributed by atoms with Crippen molar-refractivity contribution in [3.63, 3.8) is 0 Å². The highest BCUT2D eigenvalue weighted by molar-refractivity contribution is 6.99. The summed E-state index contributed by atoms with van der Waals surface area (Å²) < 4.78 is 13.1. The number of aliphatic hydroxyl groups is 1. The first-order chi connectivity index (χ1) is 8.85. The highest BCUT2D eigenvalue weighted by atomic mass is 32.1. The van der Waals surface area contributed by atoms with Crippen LogP contribution in [0.15, 0.2) is 6.20 Å². The molecule has 1 aliphatic carbocycles. The van der Waals surface area contributed by atoms with E-state index in [1.54, 1.807) is 6.20 Å². The Kier molecular flexibility index (Phi) is 4.13. The third-order valence-electron chi connectivity index (χ3n) is 4.81. The van der Waals surface area contributed by atoms with Gasteiger partial charge in [0.15, 0.2) is 0 Å². The van der Waals surface area contributed by atoms with Crippen LogP contribution in [0.5, 0.6) is 5.88 Å². The first-order valence-electron chi connectivity index (χ1n) is 6.65. The highest BCUT2D eigenvalue weighted by Crippen LogP contribution is 2.67. The molecule has 0 bridgehead atoms. The molecule has 1 heterocycles. The van der Waals surface area contributed by atoms with Crippen LogP contribution in [0.2, 0.25) is 0 Å². The normalized spacial score (nSPS) is 22.2. The van der Waals surface area contributed by atoms with Crippen LogP contribution in [0, 0.1) is 16.7 Å². The molecule has 1 aromatic heterocycles. The zero-order valence-corrected chi connectivity index (χ0v) is 12.8. The summed E-state index contributed by atoms with van der Waals surface area (Å²) in [5, 5.41) is 13.1. The van der Waals surface area contributed by atoms with Crippen LogP contribution >= 0.6 is 11.7 Å². The molecule has 0 saturated heterocycles. The Balaban J connectivity index is 1.61. The number of nitrogens with one attached hydrogen (secondary N) is 1. The molecule has 108 valence electrons. The molecule has 2 N–H and O–H groups in total. The van der Waals surface area contributed by atoms with Crippen LogP contribution in [0.25, 0.3) is 0 Å². The van der Waals surface area contributed by atoms with Crippen LogP contribution < -0.4 is 10.1 Å². The molecule has 2 rings (SSSR count). The molecule has 0 spiro atoms. The van der Waals surface area contributed by atoms with Crippen LogP contribution in [0.1, 0.15) is 27.7 Å². The molecule has 1 unspecified atom stereocenters. The zero-order chi connectivity index (χ0) is 14.1. The molecular formula is C13H23N3O2S. The molecule has 1 atom stereocenters. The van der Waals surface area contributed by atoms with Crippen molar-refractivity contribution in [3.05, 3.63) is 6.20 Å². The van der Waals surface area contributed by atoms with E-state index < -0.39 is 6.10 Å². The molecule has 0 amide bonds. The maximum absolute atomic E-state index is 9.81. The molecule has 5 nitrogen and oxygen atoms in total. The summed E-state index contributed by atoms with van der Waals surface area (Å²) in [5.41, 5.74) is 0.765. The fraction of sp³-hybridized carbons (Fsp3) is 0.846. The Labute approximate surface area is 118 Å². The van der Waals surface area contributed by atoms with Gasteiger partial charge in [0.2, 0.25) is 5.88 Å². The third kappa shape index (κ3) is 3.07. The molecule has 1 fully saturated rings. The van der Waals surface area contributed by atoms with Crippen LogP contribution in [-0.4, -0.2) is 39.7 Å². The van der Waals surface area contributed by atoms with E-state index in [0.29, 0.717) is 29.2 Å². The number of nitrogens with zero attached hydrogens (tertiary/aromatic N) is 2. The van der Waals surface area contributed by atoms with Gasteiger partial charge in [-0.05, 0) is 23.3 Å². The number of hydrogen-bond donors (Lipinski definition) is 2. The van der Waals surface area contributed by atoms with Gasteiger partial charge in [-0.2, -0.15) is 4.37 Å². The largest absolute Gasteiger partial charge is 0.473 e. The van der Waals surface area contributed by atoms with Gasteiger partial charge < -0.3 is 15.2 Å². The van der Waals surface area contributed by atoms with E-state index in [1.165, 1.54) is 0 Å². The fourth-order valence-corrected chi connectivity index (χ4v) is 3.06. The predicted molar refractivity (Wildman–Crippen MR) is 75.3 cm³/mol. The maximum atomic E-state index is 9.81. The van der Waals surface area contributed by atoms with Crippen molar-refractivity contribution in [2.45, 2.75) is 33.8 Å². The fourth-order valence-electron chi connectivity index (χ4n) is 2.70. The average molecular weight is 285 g/mol. The minimum atomic E-state index is -0.522. The van der Waals surface area contributed by atoms with Crippen molar-refractivity contribution >= 4 is 11.7 Å². The molecule has 1 aliphatic rings. The lowest BCUT2D eigenvalue weighted by Gasteiger charge is -2.12. The lowest BCUT2D eigenvalue weighted by molar-refractivity contribution is 0.104. The summed E-state index contributed by atoms with van der Waals surface area (Å²) in [6.45, 7) is 10.9. The van der Waals surface area contributed by atoms with Crippen molar-refractivity contribution in [2.24, 2.45) is 16.7 Å². The number of ether oxygens (including phenoxy) is 1. The van der Waals surface area contributed by atoms with Crippen molar-refractivity contribution < 1.29 is 9.84 Å². The van der Waals surface area contributed by atoms with Gasteiger partial charge in [0, 0.05) is 6.54 Å². The summed E-state index contributed by atoms with van der Waals surface area (Å²) in [6.07, 6.45) is 1.03. The minimum Gasteiger partial charge on any atom is -0.473 e. The summed E-state index contributed by atoms with van der Waals surface area (Å²) in [7, 11) is 0. The summed E-state index contributed by atoms with van der Waals surface area (Å²) in [5.74, 6) is 1.14. The smallest absolute Gasteiger partial charge is 0.245 e. The average Bonchev–Trinajstić information content (AvgIpc) is 2.78. The van der Waals surface area contributed by atoms with Gasteiger partial charge in [-0.3, -0.25) is 0 Å². The maximum Gasteiger partial charge on any atom is 0.245 e. The molecule has 1 saturated carbocycles. The van der Waals surface area contributed by atoms with Crippen molar-refractivity contribution in [1.29, 1.82) is 0 Å². The second-order valence-corrected chi connectivity index (χ2v) is 6.92. The predicted octanol–water partition coefficient (Wildman–Crippen LogP) is 1.55. The summed E-state index contributed by atoms with van der Waals surface area (Å²) >= 11 is 1.10. The summed E-state index contributed by atoms with van der Waals surface area (Å²) in [6, 6.07) is 0. The zero-order valence-electron chi connectivity index (χ0n) is 12.0. The minimum absolute atomic E-state index is 0.246. The number of hydrogen-bond acceptors (Lipinski definition) is 6. The third-order valence-corrected chi connectivity index (χ3v) is 5.27. The molecule has 19 heavy (non-hydrogen) atoms. The first kappa shape index (κ1) is 14.7. The van der Waals surface area contributed by atoms with Crippen molar-refractivity contribution in [3.8, 4) is 5.88 Å². The Hall–Kier alpha value is -0.720. The SMILES string of the molecule is CC1(C)C(CNCC(O)COc2cnsn2)C1(C)C. The summed E-state index contributed by atoms with van der Waals surface area (Å²) in [4.78, 5) is 0. The van der Waals surface area contributed by atoms with Gasteiger partial charge in [0.25, 0.3) is 0 Å². The first-order valence-corrected chi connectivity index (χ1v) is 7.38. The second-order valence-electron chi connectivity index (χ2n) is 6.36. The Morgan fingerprint density at radius 3 is 2.63 bits per heavy atom. The van der Waals surface area contributed by atoms with Crippen molar-refractivity contribution in [1.82, 2.24) is 14.1 Å². The standard InChI is InChI=1S/C13H23N3O2S/c1-12(2)10(13(12,3)4)6-14-5-9(17)8-18-11-7-15-19-16-11/h7,9-10,14,17H,5-6,8H2,1-4H3. The molecule has 0 aromatic carbocycles. The van der Waals surface area contributed by atoms with Gasteiger partial charge in [-0.1, -0.05) is 27.7 Å². The van der Waals surface area contributed by atoms with E-state index in [2.05, 4.69) is 41.8 Å². The quantitative estimate of drug-likeness (QED) is 0.795. The lowest BCUT2D eigenvalue weighted by atomic mass is 10.0. The molecule has 0 radical (unpaired) electrons. The second kappa shape index (κ2) is 5.34. The van der Waals surface area contributed by atoms with E-state index in [4.69, 9.17) is 4.74 Å².